The zero-order chi connectivity index (χ0) is 34.8. The maximum Gasteiger partial charge on any atom is 0.310 e. The van der Waals surface area contributed by atoms with Gasteiger partial charge in [-0.3, -0.25) is 9.59 Å². The van der Waals surface area contributed by atoms with Crippen molar-refractivity contribution in [3.8, 4) is 0 Å². The number of esters is 1. The highest BCUT2D eigenvalue weighted by Crippen LogP contribution is 2.26. The Morgan fingerprint density at radius 1 is 0.795 bits per heavy atom. The predicted octanol–water partition coefficient (Wildman–Crippen LogP) is 2.32. The number of rotatable bonds is 10. The van der Waals surface area contributed by atoms with Gasteiger partial charge in [0.25, 0.3) is 0 Å². The van der Waals surface area contributed by atoms with E-state index in [2.05, 4.69) is 31.8 Å². The minimum atomic E-state index is -1.23. The molecule has 10 atom stereocenters. The highest BCUT2D eigenvalue weighted by atomic mass is 35.5. The van der Waals surface area contributed by atoms with Crippen LogP contribution in [0.15, 0.2) is 25.3 Å². The summed E-state index contributed by atoms with van der Waals surface area (Å²) in [7, 11) is 2.77. The first-order valence-corrected chi connectivity index (χ1v) is 15.2. The second kappa shape index (κ2) is 29.2. The van der Waals surface area contributed by atoms with E-state index in [0.29, 0.717) is 12.8 Å². The number of allylic oxidation sites excluding steroid dienone is 1. The van der Waals surface area contributed by atoms with Gasteiger partial charge in [0, 0.05) is 20.8 Å². The van der Waals surface area contributed by atoms with E-state index in [1.807, 2.05) is 20.8 Å². The molecule has 2 fully saturated rings. The molecule has 0 spiro atoms. The number of methoxy groups -OCH3 is 2. The second-order valence-corrected chi connectivity index (χ2v) is 9.91. The Morgan fingerprint density at radius 2 is 1.20 bits per heavy atom. The molecular weight excluding hydrogens is 625 g/mol. The normalized spacial score (nSPS) is 30.6. The minimum absolute atomic E-state index is 0.0208. The summed E-state index contributed by atoms with van der Waals surface area (Å²) in [5.74, 6) is -0.554. The molecule has 10 unspecified atom stereocenters. The van der Waals surface area contributed by atoms with Crippen LogP contribution in [0.1, 0.15) is 66.7 Å². The first-order chi connectivity index (χ1) is 20.8. The van der Waals surface area contributed by atoms with Gasteiger partial charge in [-0.05, 0) is 42.3 Å². The molecular formula is C29H55Cl2NO12. The molecule has 0 radical (unpaired) electrons. The third-order valence-electron chi connectivity index (χ3n) is 5.96. The summed E-state index contributed by atoms with van der Waals surface area (Å²) in [6, 6.07) is 0. The Morgan fingerprint density at radius 3 is 1.52 bits per heavy atom. The van der Waals surface area contributed by atoms with Gasteiger partial charge in [0.2, 0.25) is 5.24 Å². The highest BCUT2D eigenvalue weighted by Gasteiger charge is 2.46. The van der Waals surface area contributed by atoms with Gasteiger partial charge < -0.3 is 49.2 Å². The fourth-order valence-corrected chi connectivity index (χ4v) is 3.32. The van der Waals surface area contributed by atoms with E-state index in [1.165, 1.54) is 33.1 Å². The molecule has 2 rings (SSSR count). The van der Waals surface area contributed by atoms with Gasteiger partial charge in [-0.15, -0.1) is 6.58 Å². The van der Waals surface area contributed by atoms with Crippen LogP contribution in [0.4, 0.5) is 0 Å². The number of aliphatic hydroxyl groups is 5. The van der Waals surface area contributed by atoms with Crippen LogP contribution >= 0.6 is 23.4 Å². The van der Waals surface area contributed by atoms with Crippen LogP contribution in [-0.2, 0) is 33.3 Å². The Kier molecular flexibility index (Phi) is 31.3. The zero-order valence-corrected chi connectivity index (χ0v) is 28.4. The number of aliphatic hydroxyl groups excluding tert-OH is 5. The molecule has 44 heavy (non-hydrogen) atoms. The summed E-state index contributed by atoms with van der Waals surface area (Å²) < 4.78 is 25.5. The van der Waals surface area contributed by atoms with E-state index in [0.717, 1.165) is 12.6 Å². The SMILES string of the molecule is C=CC(=O)Cl.C=CCC(=O)OC1C(OC)OC(CC)C(O)C1O.CCC1OC(OC)C(O)C(O)C1O.CCCC.CCNCl. The molecule has 0 amide bonds. The lowest BCUT2D eigenvalue weighted by molar-refractivity contribution is -0.293. The number of halogens is 2. The van der Waals surface area contributed by atoms with E-state index >= 15 is 0 Å². The van der Waals surface area contributed by atoms with Crippen LogP contribution in [0.3, 0.4) is 0 Å². The Hall–Kier alpha value is -1.20. The van der Waals surface area contributed by atoms with Crippen molar-refractivity contribution < 1.29 is 58.8 Å². The van der Waals surface area contributed by atoms with Crippen molar-refractivity contribution >= 4 is 34.6 Å². The van der Waals surface area contributed by atoms with Gasteiger partial charge in [-0.2, -0.15) is 0 Å². The van der Waals surface area contributed by atoms with Crippen LogP contribution in [0, 0.1) is 0 Å². The fraction of sp³-hybridized carbons (Fsp3) is 0.793. The second-order valence-electron chi connectivity index (χ2n) is 9.27. The molecule has 2 heterocycles. The lowest BCUT2D eigenvalue weighted by atomic mass is 9.97. The van der Waals surface area contributed by atoms with E-state index in [4.69, 9.17) is 47.1 Å². The van der Waals surface area contributed by atoms with Crippen molar-refractivity contribution in [3.63, 3.8) is 0 Å². The Balaban J connectivity index is -0.000000559. The van der Waals surface area contributed by atoms with Gasteiger partial charge in [0.1, 0.15) is 30.5 Å². The number of hydrogen-bond acceptors (Lipinski definition) is 13. The van der Waals surface area contributed by atoms with Crippen molar-refractivity contribution in [2.45, 2.75) is 128 Å². The van der Waals surface area contributed by atoms with Crippen molar-refractivity contribution in [1.82, 2.24) is 4.84 Å². The quantitative estimate of drug-likeness (QED) is 0.0648. The number of nitrogens with one attached hydrogen (secondary N) is 1. The van der Waals surface area contributed by atoms with Crippen LogP contribution in [-0.4, -0.2) is 119 Å². The van der Waals surface area contributed by atoms with E-state index in [1.54, 1.807) is 0 Å². The van der Waals surface area contributed by atoms with Gasteiger partial charge in [-0.25, -0.2) is 4.84 Å². The molecule has 0 saturated carbocycles. The standard InChI is InChI=1S/C12H20O6.C8H16O5.C4H10.C3H3ClO.C2H6ClN/c1-4-6-8(13)18-11-10(15)9(14)7(5-2)17-12(11)16-3;1-3-4-5(9)6(10)7(11)8(12-2)13-4;1-3-4-2;1-2-3(4)5;1-2-4-3/h4,7,9-12,14-15H,1,5-6H2,2-3H3;4-11H,3H2,1-2H3;3-4H2,1-2H3;2H,1H2;4H,2H2,1H3. The molecule has 0 aromatic carbocycles. The first kappa shape index (κ1) is 47.2. The summed E-state index contributed by atoms with van der Waals surface area (Å²) in [6.45, 7) is 17.3. The summed E-state index contributed by atoms with van der Waals surface area (Å²) in [6.07, 6.45) is -3.42. The molecule has 6 N–H and O–H groups in total. The van der Waals surface area contributed by atoms with Crippen LogP contribution < -0.4 is 4.84 Å². The number of carbonyl (C=O) groups is 2. The molecule has 2 saturated heterocycles. The summed E-state index contributed by atoms with van der Waals surface area (Å²) >= 11 is 9.64. The van der Waals surface area contributed by atoms with Crippen LogP contribution in [0.2, 0.25) is 0 Å². The molecule has 0 bridgehead atoms. The average molecular weight is 681 g/mol. The number of carbonyl (C=O) groups excluding carboxylic acids is 2. The smallest absolute Gasteiger partial charge is 0.310 e. The highest BCUT2D eigenvalue weighted by molar-refractivity contribution is 6.66. The van der Waals surface area contributed by atoms with Crippen LogP contribution in [0.5, 0.6) is 0 Å². The lowest BCUT2D eigenvalue weighted by Crippen LogP contribution is -2.59. The van der Waals surface area contributed by atoms with E-state index in [9.17, 15) is 35.1 Å². The number of hydrogen-bond donors (Lipinski definition) is 6. The molecule has 0 aliphatic carbocycles. The number of unbranched alkanes of at least 4 members (excludes halogenated alkanes) is 1. The van der Waals surface area contributed by atoms with E-state index < -0.39 is 72.6 Å². The van der Waals surface area contributed by atoms with Crippen LogP contribution in [0.25, 0.3) is 0 Å². The first-order valence-electron chi connectivity index (χ1n) is 14.5. The maximum absolute atomic E-state index is 11.4. The largest absolute Gasteiger partial charge is 0.454 e. The van der Waals surface area contributed by atoms with Crippen molar-refractivity contribution in [1.29, 1.82) is 0 Å². The molecule has 0 aromatic rings. The Labute approximate surface area is 272 Å². The van der Waals surface area contributed by atoms with Crippen molar-refractivity contribution in [2.75, 3.05) is 20.8 Å². The molecule has 262 valence electrons. The average Bonchev–Trinajstić information content (AvgIpc) is 3.03. The summed E-state index contributed by atoms with van der Waals surface area (Å²) in [5.41, 5.74) is 0. The molecule has 13 nitrogen and oxygen atoms in total. The van der Waals surface area contributed by atoms with Crippen molar-refractivity contribution in [3.05, 3.63) is 25.3 Å². The van der Waals surface area contributed by atoms with Gasteiger partial charge in [0.15, 0.2) is 18.7 Å². The zero-order valence-electron chi connectivity index (χ0n) is 26.9. The molecule has 2 aliphatic rings. The molecule has 15 heteroatoms. The topological polar surface area (TPSA) is 193 Å². The van der Waals surface area contributed by atoms with Gasteiger partial charge >= 0.3 is 5.97 Å². The summed E-state index contributed by atoms with van der Waals surface area (Å²) in [5, 5.41) is 47.4. The minimum Gasteiger partial charge on any atom is -0.454 e. The maximum atomic E-state index is 11.4. The molecule has 2 aliphatic heterocycles. The third kappa shape index (κ3) is 19.3. The Bertz CT molecular complexity index is 721. The predicted molar refractivity (Wildman–Crippen MR) is 168 cm³/mol. The third-order valence-corrected chi connectivity index (χ3v) is 6.38. The lowest BCUT2D eigenvalue weighted by Gasteiger charge is -2.41. The fourth-order valence-electron chi connectivity index (χ4n) is 3.32. The van der Waals surface area contributed by atoms with Gasteiger partial charge in [0.05, 0.1) is 18.6 Å². The molecule has 0 aromatic heterocycles. The van der Waals surface area contributed by atoms with E-state index in [-0.39, 0.29) is 6.42 Å². The van der Waals surface area contributed by atoms with Crippen molar-refractivity contribution in [2.24, 2.45) is 0 Å². The monoisotopic (exact) mass is 679 g/mol. The van der Waals surface area contributed by atoms with Gasteiger partial charge in [-0.1, -0.05) is 60.1 Å². The number of ether oxygens (including phenoxy) is 5. The summed E-state index contributed by atoms with van der Waals surface area (Å²) in [4.78, 5) is 23.2.